The van der Waals surface area contributed by atoms with Gasteiger partial charge in [0.1, 0.15) is 24.0 Å². The van der Waals surface area contributed by atoms with Gasteiger partial charge in [0.15, 0.2) is 0 Å². The van der Waals surface area contributed by atoms with Crippen LogP contribution in [-0.2, 0) is 11.4 Å². The van der Waals surface area contributed by atoms with Crippen LogP contribution in [0.5, 0.6) is 5.75 Å². The highest BCUT2D eigenvalue weighted by atomic mass is 35.5. The summed E-state index contributed by atoms with van der Waals surface area (Å²) < 4.78 is 5.85. The first kappa shape index (κ1) is 22.1. The van der Waals surface area contributed by atoms with E-state index in [9.17, 15) is 10.1 Å². The van der Waals surface area contributed by atoms with Gasteiger partial charge in [0, 0.05) is 10.7 Å². The first-order valence-corrected chi connectivity index (χ1v) is 10.2. The van der Waals surface area contributed by atoms with Gasteiger partial charge in [0.2, 0.25) is 0 Å². The van der Waals surface area contributed by atoms with Gasteiger partial charge < -0.3 is 10.1 Å². The average molecular weight is 431 g/mol. The van der Waals surface area contributed by atoms with E-state index >= 15 is 0 Å². The summed E-state index contributed by atoms with van der Waals surface area (Å²) in [6.45, 7) is 6.49. The minimum atomic E-state index is -0.483. The molecule has 0 atom stereocenters. The number of nitrogens with one attached hydrogen (secondary N) is 1. The zero-order chi connectivity index (χ0) is 22.4. The molecule has 3 rings (SSSR count). The van der Waals surface area contributed by atoms with Gasteiger partial charge in [-0.3, -0.25) is 4.79 Å². The van der Waals surface area contributed by atoms with Gasteiger partial charge in [0.25, 0.3) is 5.91 Å². The van der Waals surface area contributed by atoms with Gasteiger partial charge in [0.05, 0.1) is 0 Å². The largest absolute Gasteiger partial charge is 0.489 e. The lowest BCUT2D eigenvalue weighted by Gasteiger charge is -2.09. The average Bonchev–Trinajstić information content (AvgIpc) is 2.76. The summed E-state index contributed by atoms with van der Waals surface area (Å²) in [4.78, 5) is 12.5. The van der Waals surface area contributed by atoms with Gasteiger partial charge >= 0.3 is 0 Å². The van der Waals surface area contributed by atoms with E-state index in [-0.39, 0.29) is 5.57 Å². The maximum absolute atomic E-state index is 12.5. The molecule has 0 bridgehead atoms. The normalized spacial score (nSPS) is 11.0. The summed E-state index contributed by atoms with van der Waals surface area (Å²) in [7, 11) is 0. The van der Waals surface area contributed by atoms with Crippen molar-refractivity contribution in [1.29, 1.82) is 5.26 Å². The summed E-state index contributed by atoms with van der Waals surface area (Å²) >= 11 is 5.99. The maximum atomic E-state index is 12.5. The third kappa shape index (κ3) is 5.97. The van der Waals surface area contributed by atoms with Crippen LogP contribution in [0.15, 0.2) is 66.2 Å². The van der Waals surface area contributed by atoms with Gasteiger partial charge in [-0.2, -0.15) is 5.26 Å². The second-order valence-electron chi connectivity index (χ2n) is 7.36. The van der Waals surface area contributed by atoms with Crippen LogP contribution in [0.3, 0.4) is 0 Å². The Labute approximate surface area is 187 Å². The monoisotopic (exact) mass is 430 g/mol. The molecule has 1 amide bonds. The Bertz CT molecular complexity index is 1180. The third-order valence-corrected chi connectivity index (χ3v) is 5.22. The summed E-state index contributed by atoms with van der Waals surface area (Å²) in [5.41, 5.74) is 5.76. The van der Waals surface area contributed by atoms with Crippen molar-refractivity contribution in [2.75, 3.05) is 5.32 Å². The number of ether oxygens (including phenoxy) is 1. The Hall–Kier alpha value is -3.55. The van der Waals surface area contributed by atoms with Crippen LogP contribution < -0.4 is 10.1 Å². The van der Waals surface area contributed by atoms with Crippen molar-refractivity contribution in [3.05, 3.63) is 99.1 Å². The van der Waals surface area contributed by atoms with Crippen molar-refractivity contribution in [1.82, 2.24) is 0 Å². The van der Waals surface area contributed by atoms with Crippen LogP contribution >= 0.6 is 11.6 Å². The van der Waals surface area contributed by atoms with Crippen LogP contribution in [-0.4, -0.2) is 5.91 Å². The number of benzene rings is 3. The van der Waals surface area contributed by atoms with E-state index < -0.39 is 5.91 Å². The van der Waals surface area contributed by atoms with Crippen molar-refractivity contribution in [2.24, 2.45) is 0 Å². The van der Waals surface area contributed by atoms with E-state index in [1.54, 1.807) is 18.2 Å². The number of nitriles is 1. The molecule has 0 fully saturated rings. The Morgan fingerprint density at radius 2 is 1.71 bits per heavy atom. The fraction of sp³-hybridized carbons (Fsp3) is 0.154. The standard InChI is InChI=1S/C26H23ClN2O2/c1-17-4-6-21(12-19(17)3)16-31-24-10-7-20(8-11-24)13-22(15-28)26(30)29-25-14-23(27)9-5-18(25)2/h4-14H,16H2,1-3H3,(H,29,30)/b22-13+. The molecule has 1 N–H and O–H groups in total. The molecule has 0 saturated carbocycles. The van der Waals surface area contributed by atoms with E-state index in [1.165, 1.54) is 11.1 Å². The van der Waals surface area contributed by atoms with Gasteiger partial charge in [-0.05, 0) is 78.9 Å². The fourth-order valence-electron chi connectivity index (χ4n) is 2.95. The molecule has 0 heterocycles. The number of hydrogen-bond acceptors (Lipinski definition) is 3. The fourth-order valence-corrected chi connectivity index (χ4v) is 3.13. The number of hydrogen-bond donors (Lipinski definition) is 1. The molecule has 4 nitrogen and oxygen atoms in total. The molecule has 0 aliphatic rings. The van der Waals surface area contributed by atoms with Crippen LogP contribution in [0.25, 0.3) is 6.08 Å². The van der Waals surface area contributed by atoms with E-state index in [4.69, 9.17) is 16.3 Å². The smallest absolute Gasteiger partial charge is 0.266 e. The molecule has 156 valence electrons. The number of carbonyl (C=O) groups is 1. The first-order chi connectivity index (χ1) is 14.9. The molecule has 0 unspecified atom stereocenters. The molecule has 0 saturated heterocycles. The molecular formula is C26H23ClN2O2. The van der Waals surface area contributed by atoms with Crippen molar-refractivity contribution in [3.63, 3.8) is 0 Å². The minimum absolute atomic E-state index is 0.00294. The number of aryl methyl sites for hydroxylation is 3. The van der Waals surface area contributed by atoms with E-state index in [0.29, 0.717) is 23.1 Å². The quantitative estimate of drug-likeness (QED) is 0.364. The molecule has 0 aromatic heterocycles. The first-order valence-electron chi connectivity index (χ1n) is 9.84. The Balaban J connectivity index is 1.67. The third-order valence-electron chi connectivity index (χ3n) is 4.98. The molecule has 0 aliphatic heterocycles. The SMILES string of the molecule is Cc1ccc(COc2ccc(/C=C(\C#N)C(=O)Nc3cc(Cl)ccc3C)cc2)cc1C. The van der Waals surface area contributed by atoms with Crippen molar-refractivity contribution in [3.8, 4) is 11.8 Å². The van der Waals surface area contributed by atoms with Crippen molar-refractivity contribution < 1.29 is 9.53 Å². The van der Waals surface area contributed by atoms with E-state index in [2.05, 4.69) is 37.4 Å². The summed E-state index contributed by atoms with van der Waals surface area (Å²) in [6.07, 6.45) is 1.54. The number of rotatable bonds is 6. The highest BCUT2D eigenvalue weighted by molar-refractivity contribution is 6.31. The van der Waals surface area contributed by atoms with Crippen LogP contribution in [0, 0.1) is 32.1 Å². The Morgan fingerprint density at radius 3 is 2.39 bits per heavy atom. The highest BCUT2D eigenvalue weighted by Crippen LogP contribution is 2.22. The van der Waals surface area contributed by atoms with Crippen LogP contribution in [0.1, 0.15) is 27.8 Å². The molecule has 0 radical (unpaired) electrons. The predicted molar refractivity (Wildman–Crippen MR) is 125 cm³/mol. The number of anilines is 1. The summed E-state index contributed by atoms with van der Waals surface area (Å²) in [5, 5.41) is 12.7. The van der Waals surface area contributed by atoms with Gasteiger partial charge in [-0.1, -0.05) is 48.0 Å². The van der Waals surface area contributed by atoms with Gasteiger partial charge in [-0.15, -0.1) is 0 Å². The summed E-state index contributed by atoms with van der Waals surface area (Å²) in [5.74, 6) is 0.232. The van der Waals surface area contributed by atoms with Gasteiger partial charge in [-0.25, -0.2) is 0 Å². The topological polar surface area (TPSA) is 62.1 Å². The number of carbonyl (C=O) groups excluding carboxylic acids is 1. The molecule has 3 aromatic carbocycles. The lowest BCUT2D eigenvalue weighted by molar-refractivity contribution is -0.112. The minimum Gasteiger partial charge on any atom is -0.489 e. The Kier molecular flexibility index (Phi) is 7.12. The van der Waals surface area contributed by atoms with Crippen molar-refractivity contribution >= 4 is 29.3 Å². The van der Waals surface area contributed by atoms with E-state index in [1.807, 2.05) is 43.3 Å². The zero-order valence-electron chi connectivity index (χ0n) is 17.7. The maximum Gasteiger partial charge on any atom is 0.266 e. The molecule has 31 heavy (non-hydrogen) atoms. The number of nitrogens with zero attached hydrogens (tertiary/aromatic N) is 1. The van der Waals surface area contributed by atoms with Crippen LogP contribution in [0.4, 0.5) is 5.69 Å². The number of amides is 1. The molecule has 0 aliphatic carbocycles. The number of halogens is 1. The second-order valence-corrected chi connectivity index (χ2v) is 7.80. The second kappa shape index (κ2) is 9.97. The lowest BCUT2D eigenvalue weighted by atomic mass is 10.1. The summed E-state index contributed by atoms with van der Waals surface area (Å²) in [6, 6.07) is 20.7. The highest BCUT2D eigenvalue weighted by Gasteiger charge is 2.11. The zero-order valence-corrected chi connectivity index (χ0v) is 18.5. The predicted octanol–water partition coefficient (Wildman–Crippen LogP) is 6.39. The molecule has 0 spiro atoms. The Morgan fingerprint density at radius 1 is 1.00 bits per heavy atom. The van der Waals surface area contributed by atoms with E-state index in [0.717, 1.165) is 16.7 Å². The molecule has 3 aromatic rings. The molecular weight excluding hydrogens is 408 g/mol. The van der Waals surface area contributed by atoms with Crippen LogP contribution in [0.2, 0.25) is 5.02 Å². The van der Waals surface area contributed by atoms with Crippen molar-refractivity contribution in [2.45, 2.75) is 27.4 Å². The molecule has 5 heteroatoms. The lowest BCUT2D eigenvalue weighted by Crippen LogP contribution is -2.14.